The Morgan fingerprint density at radius 3 is 2.84 bits per heavy atom. The average molecular weight is 260 g/mol. The standard InChI is InChI=1S/C13H12N2O4/c14-7-10-3-1-2-9(6-10)4-5-12(17)15-8-11(16)13(18)19/h1-6,11,16H,8H2,(H,15,17)(H,18,19). The first-order valence-electron chi connectivity index (χ1n) is 5.40. The predicted molar refractivity (Wildman–Crippen MR) is 66.8 cm³/mol. The van der Waals surface area contributed by atoms with Crippen LogP contribution in [0.15, 0.2) is 30.3 Å². The number of benzene rings is 1. The maximum Gasteiger partial charge on any atom is 0.334 e. The van der Waals surface area contributed by atoms with Crippen molar-refractivity contribution in [1.29, 1.82) is 5.26 Å². The molecule has 0 aliphatic carbocycles. The summed E-state index contributed by atoms with van der Waals surface area (Å²) >= 11 is 0. The van der Waals surface area contributed by atoms with Gasteiger partial charge in [-0.2, -0.15) is 5.26 Å². The zero-order valence-corrected chi connectivity index (χ0v) is 9.91. The minimum atomic E-state index is -1.63. The number of hydrogen-bond donors (Lipinski definition) is 3. The van der Waals surface area contributed by atoms with E-state index in [0.29, 0.717) is 11.1 Å². The van der Waals surface area contributed by atoms with Crippen LogP contribution in [0.2, 0.25) is 0 Å². The third-order valence-corrected chi connectivity index (χ3v) is 2.20. The van der Waals surface area contributed by atoms with Crippen molar-refractivity contribution in [3.8, 4) is 6.07 Å². The van der Waals surface area contributed by atoms with Gasteiger partial charge >= 0.3 is 5.97 Å². The Hall–Kier alpha value is -2.65. The first-order valence-corrected chi connectivity index (χ1v) is 5.40. The zero-order chi connectivity index (χ0) is 14.3. The Morgan fingerprint density at radius 1 is 1.47 bits per heavy atom. The number of carbonyl (C=O) groups excluding carboxylic acids is 1. The summed E-state index contributed by atoms with van der Waals surface area (Å²) in [6, 6.07) is 8.63. The van der Waals surface area contributed by atoms with E-state index in [0.717, 1.165) is 0 Å². The summed E-state index contributed by atoms with van der Waals surface area (Å²) in [5, 5.41) is 28.3. The van der Waals surface area contributed by atoms with Crippen molar-refractivity contribution in [2.24, 2.45) is 0 Å². The van der Waals surface area contributed by atoms with Gasteiger partial charge in [-0.3, -0.25) is 4.79 Å². The summed E-state index contributed by atoms with van der Waals surface area (Å²) < 4.78 is 0. The quantitative estimate of drug-likeness (QED) is 0.652. The maximum absolute atomic E-state index is 11.3. The Bertz CT molecular complexity index is 546. The molecular formula is C13H12N2O4. The fourth-order valence-corrected chi connectivity index (χ4v) is 1.23. The van der Waals surface area contributed by atoms with Crippen molar-refractivity contribution in [2.75, 3.05) is 6.54 Å². The lowest BCUT2D eigenvalue weighted by Crippen LogP contribution is -2.35. The average Bonchev–Trinajstić information content (AvgIpc) is 2.42. The highest BCUT2D eigenvalue weighted by molar-refractivity contribution is 5.92. The molecule has 0 saturated carbocycles. The molecule has 1 amide bonds. The molecule has 1 aromatic carbocycles. The molecule has 0 bridgehead atoms. The second-order valence-electron chi connectivity index (χ2n) is 3.67. The first-order chi connectivity index (χ1) is 9.02. The molecule has 0 spiro atoms. The molecule has 0 aliphatic rings. The maximum atomic E-state index is 11.3. The van der Waals surface area contributed by atoms with Gasteiger partial charge in [0.25, 0.3) is 0 Å². The van der Waals surface area contributed by atoms with Crippen LogP contribution in [0.1, 0.15) is 11.1 Å². The van der Waals surface area contributed by atoms with Gasteiger partial charge in [0.1, 0.15) is 0 Å². The normalized spacial score (nSPS) is 11.8. The highest BCUT2D eigenvalue weighted by Gasteiger charge is 2.12. The summed E-state index contributed by atoms with van der Waals surface area (Å²) in [5.41, 5.74) is 1.15. The van der Waals surface area contributed by atoms with E-state index in [1.54, 1.807) is 24.3 Å². The number of hydrogen-bond acceptors (Lipinski definition) is 4. The molecule has 0 aliphatic heterocycles. The van der Waals surface area contributed by atoms with Crippen LogP contribution in [-0.4, -0.2) is 34.7 Å². The largest absolute Gasteiger partial charge is 0.479 e. The highest BCUT2D eigenvalue weighted by atomic mass is 16.4. The lowest BCUT2D eigenvalue weighted by atomic mass is 10.1. The van der Waals surface area contributed by atoms with Crippen LogP contribution < -0.4 is 5.32 Å². The molecule has 0 fully saturated rings. The Balaban J connectivity index is 2.54. The van der Waals surface area contributed by atoms with Crippen LogP contribution in [-0.2, 0) is 9.59 Å². The van der Waals surface area contributed by atoms with Crippen molar-refractivity contribution in [1.82, 2.24) is 5.32 Å². The summed E-state index contributed by atoms with van der Waals surface area (Å²) in [6.45, 7) is -0.364. The van der Waals surface area contributed by atoms with Crippen molar-refractivity contribution in [3.63, 3.8) is 0 Å². The number of nitrogens with zero attached hydrogens (tertiary/aromatic N) is 1. The molecule has 0 aromatic heterocycles. The summed E-state index contributed by atoms with van der Waals surface area (Å²) in [6.07, 6.45) is 1.06. The fraction of sp³-hybridized carbons (Fsp3) is 0.154. The fourth-order valence-electron chi connectivity index (χ4n) is 1.23. The van der Waals surface area contributed by atoms with E-state index >= 15 is 0 Å². The van der Waals surface area contributed by atoms with E-state index in [4.69, 9.17) is 15.5 Å². The van der Waals surface area contributed by atoms with Gasteiger partial charge in [-0.1, -0.05) is 12.1 Å². The number of nitrogens with one attached hydrogen (secondary N) is 1. The molecule has 1 atom stereocenters. The number of rotatable bonds is 5. The van der Waals surface area contributed by atoms with Crippen LogP contribution >= 0.6 is 0 Å². The van der Waals surface area contributed by atoms with Gasteiger partial charge in [-0.15, -0.1) is 0 Å². The van der Waals surface area contributed by atoms with E-state index in [1.807, 2.05) is 6.07 Å². The van der Waals surface area contributed by atoms with Gasteiger partial charge in [0, 0.05) is 6.08 Å². The topological polar surface area (TPSA) is 110 Å². The van der Waals surface area contributed by atoms with Crippen LogP contribution in [0.4, 0.5) is 0 Å². The molecule has 0 heterocycles. The van der Waals surface area contributed by atoms with Crippen LogP contribution in [0.5, 0.6) is 0 Å². The van der Waals surface area contributed by atoms with Gasteiger partial charge in [-0.25, -0.2) is 4.79 Å². The van der Waals surface area contributed by atoms with E-state index in [2.05, 4.69) is 5.32 Å². The van der Waals surface area contributed by atoms with Crippen molar-refractivity contribution >= 4 is 18.0 Å². The number of amides is 1. The van der Waals surface area contributed by atoms with Gasteiger partial charge in [0.15, 0.2) is 6.10 Å². The van der Waals surface area contributed by atoms with Crippen molar-refractivity contribution < 1.29 is 19.8 Å². The van der Waals surface area contributed by atoms with Gasteiger partial charge < -0.3 is 15.5 Å². The number of aliphatic hydroxyl groups excluding tert-OH is 1. The molecule has 0 radical (unpaired) electrons. The molecule has 1 aromatic rings. The second-order valence-corrected chi connectivity index (χ2v) is 3.67. The second kappa shape index (κ2) is 6.93. The lowest BCUT2D eigenvalue weighted by Gasteiger charge is -2.05. The molecule has 0 saturated heterocycles. The third-order valence-electron chi connectivity index (χ3n) is 2.20. The molecule has 1 unspecified atom stereocenters. The SMILES string of the molecule is N#Cc1cccc(C=CC(=O)NCC(O)C(=O)O)c1. The van der Waals surface area contributed by atoms with Crippen LogP contribution in [0.3, 0.4) is 0 Å². The Labute approximate surface area is 109 Å². The molecule has 6 nitrogen and oxygen atoms in total. The number of carbonyl (C=O) groups is 2. The van der Waals surface area contributed by atoms with Crippen LogP contribution in [0, 0.1) is 11.3 Å². The van der Waals surface area contributed by atoms with Crippen LogP contribution in [0.25, 0.3) is 6.08 Å². The molecule has 19 heavy (non-hydrogen) atoms. The minimum absolute atomic E-state index is 0.364. The highest BCUT2D eigenvalue weighted by Crippen LogP contribution is 2.05. The smallest absolute Gasteiger partial charge is 0.334 e. The van der Waals surface area contributed by atoms with E-state index < -0.39 is 18.0 Å². The molecular weight excluding hydrogens is 248 g/mol. The predicted octanol–water partition coefficient (Wildman–Crippen LogP) is 0.133. The zero-order valence-electron chi connectivity index (χ0n) is 9.91. The Morgan fingerprint density at radius 2 is 2.21 bits per heavy atom. The molecule has 98 valence electrons. The van der Waals surface area contributed by atoms with Gasteiger partial charge in [0.2, 0.25) is 5.91 Å². The number of carboxylic acids is 1. The Kier molecular flexibility index (Phi) is 5.26. The number of aliphatic hydroxyl groups is 1. The number of aliphatic carboxylic acids is 1. The monoisotopic (exact) mass is 260 g/mol. The number of nitriles is 1. The van der Waals surface area contributed by atoms with Crippen molar-refractivity contribution in [3.05, 3.63) is 41.5 Å². The number of carboxylic acid groups (broad SMARTS) is 1. The first kappa shape index (κ1) is 14.4. The summed E-state index contributed by atoms with van der Waals surface area (Å²) in [5.74, 6) is -1.92. The molecule has 6 heteroatoms. The molecule has 1 rings (SSSR count). The van der Waals surface area contributed by atoms with Crippen molar-refractivity contribution in [2.45, 2.75) is 6.10 Å². The van der Waals surface area contributed by atoms with E-state index in [9.17, 15) is 9.59 Å². The third kappa shape index (κ3) is 5.02. The van der Waals surface area contributed by atoms with E-state index in [-0.39, 0.29) is 6.54 Å². The summed E-state index contributed by atoms with van der Waals surface area (Å²) in [4.78, 5) is 21.6. The lowest BCUT2D eigenvalue weighted by molar-refractivity contribution is -0.146. The van der Waals surface area contributed by atoms with E-state index in [1.165, 1.54) is 12.2 Å². The molecule has 3 N–H and O–H groups in total. The van der Waals surface area contributed by atoms with Gasteiger partial charge in [-0.05, 0) is 23.8 Å². The minimum Gasteiger partial charge on any atom is -0.479 e. The van der Waals surface area contributed by atoms with Gasteiger partial charge in [0.05, 0.1) is 18.2 Å². The summed E-state index contributed by atoms with van der Waals surface area (Å²) in [7, 11) is 0.